The van der Waals surface area contributed by atoms with Crippen molar-refractivity contribution in [3.8, 4) is 0 Å². The van der Waals surface area contributed by atoms with Crippen molar-refractivity contribution in [2.75, 3.05) is 13.2 Å². The van der Waals surface area contributed by atoms with Crippen LogP contribution in [0.5, 0.6) is 0 Å². The highest BCUT2D eigenvalue weighted by Crippen LogP contribution is 2.08. The third-order valence-corrected chi connectivity index (χ3v) is 1.55. The minimum Gasteiger partial charge on any atom is -0.376 e. The first-order valence-corrected chi connectivity index (χ1v) is 3.52. The molecular weight excluding hydrogens is 116 g/mol. The predicted molar refractivity (Wildman–Crippen MR) is 35.4 cm³/mol. The molecule has 1 heterocycles. The second kappa shape index (κ2) is 3.18. The van der Waals surface area contributed by atoms with Crippen molar-refractivity contribution in [1.29, 1.82) is 0 Å². The van der Waals surface area contributed by atoms with Gasteiger partial charge in [0.1, 0.15) is 0 Å². The first-order chi connectivity index (χ1) is 4.29. The zero-order valence-electron chi connectivity index (χ0n) is 6.09. The quantitative estimate of drug-likeness (QED) is 0.490. The molecule has 0 saturated carbocycles. The van der Waals surface area contributed by atoms with Gasteiger partial charge in [-0.3, -0.25) is 0 Å². The van der Waals surface area contributed by atoms with E-state index in [1.54, 1.807) is 0 Å². The lowest BCUT2D eigenvalue weighted by Crippen LogP contribution is -2.12. The Kier molecular flexibility index (Phi) is 2.49. The van der Waals surface area contributed by atoms with Crippen molar-refractivity contribution in [3.63, 3.8) is 0 Å². The van der Waals surface area contributed by atoms with Gasteiger partial charge in [0.05, 0.1) is 25.4 Å². The molecule has 1 rings (SSSR count). The SMILES string of the molecule is CC1CC(C)OCCO1. The zero-order chi connectivity index (χ0) is 6.69. The molecule has 0 amide bonds. The molecule has 2 nitrogen and oxygen atoms in total. The highest BCUT2D eigenvalue weighted by Gasteiger charge is 2.12. The van der Waals surface area contributed by atoms with E-state index in [9.17, 15) is 0 Å². The Morgan fingerprint density at radius 2 is 1.44 bits per heavy atom. The molecule has 0 spiro atoms. The van der Waals surface area contributed by atoms with E-state index < -0.39 is 0 Å². The molecule has 0 aromatic heterocycles. The Labute approximate surface area is 56.2 Å². The van der Waals surface area contributed by atoms with Gasteiger partial charge in [-0.15, -0.1) is 0 Å². The van der Waals surface area contributed by atoms with Crippen LogP contribution in [0.15, 0.2) is 0 Å². The molecule has 0 aromatic rings. The van der Waals surface area contributed by atoms with E-state index in [1.807, 2.05) is 0 Å². The molecule has 0 radical (unpaired) electrons. The van der Waals surface area contributed by atoms with Crippen LogP contribution in [-0.2, 0) is 9.47 Å². The summed E-state index contributed by atoms with van der Waals surface area (Å²) in [7, 11) is 0. The van der Waals surface area contributed by atoms with Crippen molar-refractivity contribution >= 4 is 0 Å². The monoisotopic (exact) mass is 130 g/mol. The summed E-state index contributed by atoms with van der Waals surface area (Å²) in [5, 5.41) is 0. The van der Waals surface area contributed by atoms with Gasteiger partial charge in [0.2, 0.25) is 0 Å². The highest BCUT2D eigenvalue weighted by molar-refractivity contribution is 4.60. The number of ether oxygens (including phenoxy) is 2. The van der Waals surface area contributed by atoms with E-state index in [0.29, 0.717) is 12.2 Å². The molecule has 0 N–H and O–H groups in total. The van der Waals surface area contributed by atoms with Gasteiger partial charge in [-0.25, -0.2) is 0 Å². The summed E-state index contributed by atoms with van der Waals surface area (Å²) in [4.78, 5) is 0. The molecule has 1 saturated heterocycles. The van der Waals surface area contributed by atoms with E-state index in [-0.39, 0.29) is 0 Å². The summed E-state index contributed by atoms with van der Waals surface area (Å²) in [5.41, 5.74) is 0. The topological polar surface area (TPSA) is 18.5 Å². The maximum absolute atomic E-state index is 5.35. The Balaban J connectivity index is 2.29. The summed E-state index contributed by atoms with van der Waals surface area (Å²) in [6, 6.07) is 0. The van der Waals surface area contributed by atoms with Gasteiger partial charge >= 0.3 is 0 Å². The van der Waals surface area contributed by atoms with Crippen LogP contribution in [0.1, 0.15) is 20.3 Å². The Bertz CT molecular complexity index is 73.0. The molecule has 9 heavy (non-hydrogen) atoms. The molecule has 1 aliphatic heterocycles. The second-order valence-electron chi connectivity index (χ2n) is 2.60. The summed E-state index contributed by atoms with van der Waals surface area (Å²) in [6.45, 7) is 5.69. The van der Waals surface area contributed by atoms with Gasteiger partial charge in [-0.1, -0.05) is 0 Å². The van der Waals surface area contributed by atoms with Crippen LogP contribution in [0.2, 0.25) is 0 Å². The average molecular weight is 130 g/mol. The predicted octanol–water partition coefficient (Wildman–Crippen LogP) is 1.20. The van der Waals surface area contributed by atoms with Crippen molar-refractivity contribution < 1.29 is 9.47 Å². The first kappa shape index (κ1) is 7.03. The molecule has 1 fully saturated rings. The van der Waals surface area contributed by atoms with E-state index >= 15 is 0 Å². The lowest BCUT2D eigenvalue weighted by atomic mass is 10.2. The fourth-order valence-electron chi connectivity index (χ4n) is 1.10. The minimum atomic E-state index is 0.377. The number of hydrogen-bond donors (Lipinski definition) is 0. The maximum atomic E-state index is 5.35. The van der Waals surface area contributed by atoms with Crippen molar-refractivity contribution in [2.24, 2.45) is 0 Å². The standard InChI is InChI=1S/C7H14O2/c1-6-5-7(2)9-4-3-8-6/h6-7H,3-5H2,1-2H3. The van der Waals surface area contributed by atoms with Crippen LogP contribution < -0.4 is 0 Å². The van der Waals surface area contributed by atoms with Crippen LogP contribution in [0.4, 0.5) is 0 Å². The minimum absolute atomic E-state index is 0.377. The first-order valence-electron chi connectivity index (χ1n) is 3.52. The third kappa shape index (κ3) is 2.33. The van der Waals surface area contributed by atoms with Gasteiger partial charge in [0, 0.05) is 0 Å². The van der Waals surface area contributed by atoms with Gasteiger partial charge in [0.15, 0.2) is 0 Å². The van der Waals surface area contributed by atoms with E-state index in [1.165, 1.54) is 0 Å². The number of rotatable bonds is 0. The summed E-state index contributed by atoms with van der Waals surface area (Å²) >= 11 is 0. The van der Waals surface area contributed by atoms with Crippen molar-refractivity contribution in [1.82, 2.24) is 0 Å². The summed E-state index contributed by atoms with van der Waals surface area (Å²) < 4.78 is 10.7. The van der Waals surface area contributed by atoms with Crippen LogP contribution in [0.25, 0.3) is 0 Å². The zero-order valence-corrected chi connectivity index (χ0v) is 6.09. The van der Waals surface area contributed by atoms with Crippen molar-refractivity contribution in [3.05, 3.63) is 0 Å². The highest BCUT2D eigenvalue weighted by atomic mass is 16.5. The molecule has 0 bridgehead atoms. The molecule has 0 aromatic carbocycles. The van der Waals surface area contributed by atoms with Gasteiger partial charge in [-0.2, -0.15) is 0 Å². The molecule has 2 unspecified atom stereocenters. The van der Waals surface area contributed by atoms with E-state index in [2.05, 4.69) is 13.8 Å². The average Bonchev–Trinajstić information content (AvgIpc) is 1.93. The molecule has 0 aliphatic carbocycles. The molecular formula is C7H14O2. The van der Waals surface area contributed by atoms with Gasteiger partial charge in [0.25, 0.3) is 0 Å². The van der Waals surface area contributed by atoms with E-state index in [0.717, 1.165) is 19.6 Å². The second-order valence-corrected chi connectivity index (χ2v) is 2.60. The molecule has 1 aliphatic rings. The lowest BCUT2D eigenvalue weighted by Gasteiger charge is -2.09. The summed E-state index contributed by atoms with van der Waals surface area (Å²) in [5.74, 6) is 0. The lowest BCUT2D eigenvalue weighted by molar-refractivity contribution is 0.0557. The Morgan fingerprint density at radius 3 is 1.89 bits per heavy atom. The van der Waals surface area contributed by atoms with Gasteiger partial charge < -0.3 is 9.47 Å². The number of hydrogen-bond acceptors (Lipinski definition) is 2. The van der Waals surface area contributed by atoms with Crippen LogP contribution in [-0.4, -0.2) is 25.4 Å². The van der Waals surface area contributed by atoms with Crippen LogP contribution in [0.3, 0.4) is 0 Å². The normalized spacial score (nSPS) is 38.0. The Hall–Kier alpha value is -0.0800. The fourth-order valence-corrected chi connectivity index (χ4v) is 1.10. The largest absolute Gasteiger partial charge is 0.376 e. The molecule has 2 heteroatoms. The Morgan fingerprint density at radius 1 is 1.00 bits per heavy atom. The van der Waals surface area contributed by atoms with Crippen LogP contribution in [0, 0.1) is 0 Å². The molecule has 54 valence electrons. The van der Waals surface area contributed by atoms with Crippen molar-refractivity contribution in [2.45, 2.75) is 32.5 Å². The van der Waals surface area contributed by atoms with E-state index in [4.69, 9.17) is 9.47 Å². The fraction of sp³-hybridized carbons (Fsp3) is 1.00. The van der Waals surface area contributed by atoms with Gasteiger partial charge in [-0.05, 0) is 20.3 Å². The smallest absolute Gasteiger partial charge is 0.0704 e. The maximum Gasteiger partial charge on any atom is 0.0704 e. The summed E-state index contributed by atoms with van der Waals surface area (Å²) in [6.07, 6.45) is 1.78. The molecule has 2 atom stereocenters. The van der Waals surface area contributed by atoms with Crippen LogP contribution >= 0.6 is 0 Å². The third-order valence-electron chi connectivity index (χ3n) is 1.55.